The molecule has 2 aromatic carbocycles. The number of amides is 1. The van der Waals surface area contributed by atoms with Gasteiger partial charge in [0.05, 0.1) is 6.54 Å². The van der Waals surface area contributed by atoms with E-state index < -0.39 is 0 Å². The molecular formula is C21H23N5O. The maximum absolute atomic E-state index is 12.8. The predicted octanol–water partition coefficient (Wildman–Crippen LogP) is 2.60. The van der Waals surface area contributed by atoms with E-state index in [0.29, 0.717) is 6.54 Å². The quantitative estimate of drug-likeness (QED) is 0.717. The van der Waals surface area contributed by atoms with E-state index in [1.807, 2.05) is 29.2 Å². The van der Waals surface area contributed by atoms with Gasteiger partial charge in [-0.15, -0.1) is 0 Å². The Hall–Kier alpha value is -3.15. The molecule has 3 aromatic rings. The van der Waals surface area contributed by atoms with Crippen molar-refractivity contribution in [1.82, 2.24) is 19.7 Å². The number of nitrogens with zero attached hydrogens (tertiary/aromatic N) is 5. The van der Waals surface area contributed by atoms with Gasteiger partial charge in [-0.3, -0.25) is 4.79 Å². The smallest absolute Gasteiger partial charge is 0.253 e. The topological polar surface area (TPSA) is 54.3 Å². The minimum absolute atomic E-state index is 0.103. The van der Waals surface area contributed by atoms with Crippen molar-refractivity contribution in [1.29, 1.82) is 0 Å². The Morgan fingerprint density at radius 3 is 2.30 bits per heavy atom. The van der Waals surface area contributed by atoms with E-state index in [9.17, 15) is 4.79 Å². The van der Waals surface area contributed by atoms with E-state index in [4.69, 9.17) is 0 Å². The van der Waals surface area contributed by atoms with E-state index >= 15 is 0 Å². The molecule has 1 saturated heterocycles. The minimum atomic E-state index is 0.103. The molecular weight excluding hydrogens is 338 g/mol. The lowest BCUT2D eigenvalue weighted by atomic mass is 10.1. The van der Waals surface area contributed by atoms with Crippen molar-refractivity contribution in [3.05, 3.63) is 77.9 Å². The van der Waals surface area contributed by atoms with Crippen LogP contribution < -0.4 is 4.90 Å². The van der Waals surface area contributed by atoms with Crippen LogP contribution in [0.25, 0.3) is 0 Å². The van der Waals surface area contributed by atoms with Crippen LogP contribution >= 0.6 is 0 Å². The summed E-state index contributed by atoms with van der Waals surface area (Å²) in [6.07, 6.45) is 3.21. The monoisotopic (exact) mass is 361 g/mol. The summed E-state index contributed by atoms with van der Waals surface area (Å²) in [5.41, 5.74) is 4.33. The highest BCUT2D eigenvalue weighted by Gasteiger charge is 2.22. The SMILES string of the molecule is Cc1ccc(N2CCN(C(=O)c3ccc(Cn4cncn4)cc3)CC2)cc1. The summed E-state index contributed by atoms with van der Waals surface area (Å²) in [6.45, 7) is 5.96. The molecule has 27 heavy (non-hydrogen) atoms. The molecule has 6 heteroatoms. The van der Waals surface area contributed by atoms with Gasteiger partial charge in [-0.25, -0.2) is 9.67 Å². The number of benzene rings is 2. The Balaban J connectivity index is 1.35. The molecule has 0 bridgehead atoms. The second-order valence-corrected chi connectivity index (χ2v) is 6.90. The summed E-state index contributed by atoms with van der Waals surface area (Å²) < 4.78 is 1.77. The summed E-state index contributed by atoms with van der Waals surface area (Å²) in [4.78, 5) is 21.0. The van der Waals surface area contributed by atoms with E-state index in [2.05, 4.69) is 46.2 Å². The first-order valence-corrected chi connectivity index (χ1v) is 9.21. The molecule has 0 spiro atoms. The average Bonchev–Trinajstić information content (AvgIpc) is 3.22. The van der Waals surface area contributed by atoms with Gasteiger partial charge in [-0.05, 0) is 36.8 Å². The van der Waals surface area contributed by atoms with Crippen molar-refractivity contribution < 1.29 is 4.79 Å². The van der Waals surface area contributed by atoms with Gasteiger partial charge in [0.2, 0.25) is 0 Å². The molecule has 0 unspecified atom stereocenters. The number of hydrogen-bond acceptors (Lipinski definition) is 4. The third kappa shape index (κ3) is 4.00. The van der Waals surface area contributed by atoms with Crippen LogP contribution in [0.2, 0.25) is 0 Å². The number of aromatic nitrogens is 3. The summed E-state index contributed by atoms with van der Waals surface area (Å²) in [5.74, 6) is 0.103. The van der Waals surface area contributed by atoms with Crippen LogP contribution in [-0.2, 0) is 6.54 Å². The third-order valence-corrected chi connectivity index (χ3v) is 4.98. The van der Waals surface area contributed by atoms with Crippen LogP contribution in [0.4, 0.5) is 5.69 Å². The minimum Gasteiger partial charge on any atom is -0.368 e. The number of anilines is 1. The molecule has 1 aliphatic rings. The maximum atomic E-state index is 12.8. The van der Waals surface area contributed by atoms with E-state index in [-0.39, 0.29) is 5.91 Å². The van der Waals surface area contributed by atoms with E-state index in [0.717, 1.165) is 37.3 Å². The van der Waals surface area contributed by atoms with Gasteiger partial charge in [-0.2, -0.15) is 5.10 Å². The van der Waals surface area contributed by atoms with Gasteiger partial charge in [-0.1, -0.05) is 29.8 Å². The second kappa shape index (κ2) is 7.61. The number of carbonyl (C=O) groups is 1. The van der Waals surface area contributed by atoms with Gasteiger partial charge in [0, 0.05) is 37.4 Å². The van der Waals surface area contributed by atoms with Crippen molar-refractivity contribution >= 4 is 11.6 Å². The fourth-order valence-electron chi connectivity index (χ4n) is 3.36. The van der Waals surface area contributed by atoms with E-state index in [1.54, 1.807) is 11.0 Å². The van der Waals surface area contributed by atoms with Crippen molar-refractivity contribution in [2.45, 2.75) is 13.5 Å². The van der Waals surface area contributed by atoms with Crippen LogP contribution in [0.15, 0.2) is 61.2 Å². The van der Waals surface area contributed by atoms with Crippen molar-refractivity contribution in [3.63, 3.8) is 0 Å². The Morgan fingerprint density at radius 2 is 1.67 bits per heavy atom. The van der Waals surface area contributed by atoms with Crippen LogP contribution in [0.1, 0.15) is 21.5 Å². The zero-order valence-electron chi connectivity index (χ0n) is 15.5. The standard InChI is InChI=1S/C21H23N5O/c1-17-2-8-20(9-3-17)24-10-12-25(13-11-24)21(27)19-6-4-18(5-7-19)14-26-16-22-15-23-26/h2-9,15-16H,10-14H2,1H3. The molecule has 2 heterocycles. The Bertz CT molecular complexity index is 879. The number of hydrogen-bond donors (Lipinski definition) is 0. The zero-order valence-corrected chi connectivity index (χ0v) is 15.5. The largest absolute Gasteiger partial charge is 0.368 e. The summed E-state index contributed by atoms with van der Waals surface area (Å²) in [5, 5.41) is 4.11. The number of aryl methyl sites for hydroxylation is 1. The molecule has 1 aromatic heterocycles. The molecule has 0 N–H and O–H groups in total. The van der Waals surface area contributed by atoms with Gasteiger partial charge in [0.15, 0.2) is 0 Å². The fourth-order valence-corrected chi connectivity index (χ4v) is 3.36. The highest BCUT2D eigenvalue weighted by molar-refractivity contribution is 5.94. The Kier molecular flexibility index (Phi) is 4.87. The predicted molar refractivity (Wildman–Crippen MR) is 105 cm³/mol. The number of piperazine rings is 1. The fraction of sp³-hybridized carbons (Fsp3) is 0.286. The first kappa shape index (κ1) is 17.3. The average molecular weight is 361 g/mol. The lowest BCUT2D eigenvalue weighted by molar-refractivity contribution is 0.0747. The molecule has 0 atom stereocenters. The molecule has 4 rings (SSSR count). The van der Waals surface area contributed by atoms with Crippen molar-refractivity contribution in [2.24, 2.45) is 0 Å². The normalized spacial score (nSPS) is 14.4. The molecule has 1 fully saturated rings. The third-order valence-electron chi connectivity index (χ3n) is 4.98. The highest BCUT2D eigenvalue weighted by atomic mass is 16.2. The molecule has 0 radical (unpaired) electrons. The van der Waals surface area contributed by atoms with Crippen LogP contribution in [0, 0.1) is 6.92 Å². The molecule has 1 amide bonds. The number of rotatable bonds is 4. The lowest BCUT2D eigenvalue weighted by Gasteiger charge is -2.36. The van der Waals surface area contributed by atoms with Gasteiger partial charge >= 0.3 is 0 Å². The Labute approximate surface area is 159 Å². The molecule has 0 aliphatic carbocycles. The Morgan fingerprint density at radius 1 is 0.963 bits per heavy atom. The van der Waals surface area contributed by atoms with Crippen molar-refractivity contribution in [2.75, 3.05) is 31.1 Å². The maximum Gasteiger partial charge on any atom is 0.253 e. The lowest BCUT2D eigenvalue weighted by Crippen LogP contribution is -2.48. The molecule has 1 aliphatic heterocycles. The van der Waals surface area contributed by atoms with Gasteiger partial charge in [0.25, 0.3) is 5.91 Å². The zero-order chi connectivity index (χ0) is 18.6. The molecule has 138 valence electrons. The summed E-state index contributed by atoms with van der Waals surface area (Å²) >= 11 is 0. The highest BCUT2D eigenvalue weighted by Crippen LogP contribution is 2.18. The first-order chi connectivity index (χ1) is 13.2. The van der Waals surface area contributed by atoms with Crippen LogP contribution in [0.5, 0.6) is 0 Å². The number of carbonyl (C=O) groups excluding carboxylic acids is 1. The van der Waals surface area contributed by atoms with Gasteiger partial charge in [0.1, 0.15) is 12.7 Å². The van der Waals surface area contributed by atoms with Gasteiger partial charge < -0.3 is 9.80 Å². The molecule has 6 nitrogen and oxygen atoms in total. The summed E-state index contributed by atoms with van der Waals surface area (Å²) in [6, 6.07) is 16.3. The van der Waals surface area contributed by atoms with Crippen LogP contribution in [-0.4, -0.2) is 51.8 Å². The molecule has 0 saturated carbocycles. The van der Waals surface area contributed by atoms with Crippen LogP contribution in [0.3, 0.4) is 0 Å². The van der Waals surface area contributed by atoms with Crippen molar-refractivity contribution in [3.8, 4) is 0 Å². The van der Waals surface area contributed by atoms with E-state index in [1.165, 1.54) is 17.6 Å². The second-order valence-electron chi connectivity index (χ2n) is 6.90. The summed E-state index contributed by atoms with van der Waals surface area (Å²) in [7, 11) is 0. The first-order valence-electron chi connectivity index (χ1n) is 9.21.